The third kappa shape index (κ3) is 3.08. The number of hydrogen-bond acceptors (Lipinski definition) is 6. The minimum Gasteiger partial charge on any atom is -0.330 e. The normalized spacial score (nSPS) is 27.3. The van der Waals surface area contributed by atoms with Crippen LogP contribution in [0.5, 0.6) is 0 Å². The van der Waals surface area contributed by atoms with E-state index >= 15 is 0 Å². The summed E-state index contributed by atoms with van der Waals surface area (Å²) in [6.45, 7) is 0.145. The molecule has 2 unspecified atom stereocenters. The maximum absolute atomic E-state index is 12.4. The summed E-state index contributed by atoms with van der Waals surface area (Å²) in [5.41, 5.74) is 0. The summed E-state index contributed by atoms with van der Waals surface area (Å²) in [5, 5.41) is 0.543. The smallest absolute Gasteiger partial charge is 0.330 e. The van der Waals surface area contributed by atoms with Crippen LogP contribution in [-0.2, 0) is 28.8 Å². The molecule has 2 heterocycles. The largest absolute Gasteiger partial charge is 0.336 e. The number of carbonyl (C=O) groups excluding carboxylic acids is 5. The molecule has 8 heteroatoms. The molecule has 0 aromatic rings. The maximum atomic E-state index is 12.4. The van der Waals surface area contributed by atoms with E-state index in [4.69, 9.17) is 4.84 Å². The number of carbonyl (C=O) groups is 5. The van der Waals surface area contributed by atoms with Gasteiger partial charge in [0.15, 0.2) is 0 Å². The Kier molecular flexibility index (Phi) is 4.46. The second kappa shape index (κ2) is 6.54. The fourth-order valence-electron chi connectivity index (χ4n) is 3.40. The quantitative estimate of drug-likeness (QED) is 0.687. The molecule has 0 aromatic carbocycles. The minimum absolute atomic E-state index is 0.0443. The zero-order valence-electron chi connectivity index (χ0n) is 13.1. The van der Waals surface area contributed by atoms with Crippen LogP contribution in [-0.4, -0.2) is 46.1 Å². The van der Waals surface area contributed by atoms with Crippen LogP contribution in [0.1, 0.15) is 38.5 Å². The van der Waals surface area contributed by atoms with Crippen LogP contribution >= 0.6 is 0 Å². The van der Waals surface area contributed by atoms with Gasteiger partial charge < -0.3 is 4.84 Å². The Morgan fingerprint density at radius 1 is 1.00 bits per heavy atom. The van der Waals surface area contributed by atoms with Gasteiger partial charge in [0, 0.05) is 31.5 Å². The summed E-state index contributed by atoms with van der Waals surface area (Å²) in [4.78, 5) is 65.1. The van der Waals surface area contributed by atoms with Gasteiger partial charge in [0.1, 0.15) is 0 Å². The summed E-state index contributed by atoms with van der Waals surface area (Å²) >= 11 is 0. The highest BCUT2D eigenvalue weighted by Crippen LogP contribution is 2.33. The van der Waals surface area contributed by atoms with Crippen molar-refractivity contribution in [2.75, 3.05) is 6.54 Å². The lowest BCUT2D eigenvalue weighted by Gasteiger charge is -2.32. The molecule has 0 spiro atoms. The molecule has 8 nitrogen and oxygen atoms in total. The van der Waals surface area contributed by atoms with Gasteiger partial charge >= 0.3 is 5.97 Å². The van der Waals surface area contributed by atoms with Crippen LogP contribution in [0.25, 0.3) is 0 Å². The Bertz CT molecular complexity index is 606. The Hall–Kier alpha value is -2.51. The van der Waals surface area contributed by atoms with Crippen molar-refractivity contribution in [3.05, 3.63) is 12.2 Å². The Labute approximate surface area is 138 Å². The summed E-state index contributed by atoms with van der Waals surface area (Å²) in [6, 6.07) is 0. The van der Waals surface area contributed by atoms with Gasteiger partial charge in [-0.05, 0) is 18.8 Å². The van der Waals surface area contributed by atoms with E-state index in [0.29, 0.717) is 17.9 Å². The Morgan fingerprint density at radius 2 is 1.58 bits per heavy atom. The number of hydrogen-bond donors (Lipinski definition) is 0. The molecule has 3 aliphatic rings. The molecule has 2 atom stereocenters. The molecule has 2 aliphatic heterocycles. The monoisotopic (exact) mass is 334 g/mol. The average Bonchev–Trinajstić information content (AvgIpc) is 3.05. The molecule has 2 fully saturated rings. The van der Waals surface area contributed by atoms with E-state index in [9.17, 15) is 24.0 Å². The highest BCUT2D eigenvalue weighted by Gasteiger charge is 2.40. The van der Waals surface area contributed by atoms with E-state index in [1.165, 1.54) is 12.2 Å². The zero-order valence-corrected chi connectivity index (χ0v) is 13.1. The molecule has 0 aromatic heterocycles. The Balaban J connectivity index is 1.66. The predicted octanol–water partition coefficient (Wildman–Crippen LogP) is 0.325. The van der Waals surface area contributed by atoms with Crippen molar-refractivity contribution in [2.45, 2.75) is 38.5 Å². The fraction of sp³-hybridized carbons (Fsp3) is 0.562. The molecule has 0 N–H and O–H groups in total. The van der Waals surface area contributed by atoms with E-state index in [1.807, 2.05) is 0 Å². The van der Waals surface area contributed by atoms with Crippen molar-refractivity contribution < 1.29 is 28.8 Å². The highest BCUT2D eigenvalue weighted by molar-refractivity contribution is 6.12. The van der Waals surface area contributed by atoms with Crippen molar-refractivity contribution in [2.24, 2.45) is 11.8 Å². The topological polar surface area (TPSA) is 101 Å². The molecule has 4 amide bonds. The first kappa shape index (κ1) is 16.4. The molecule has 0 radical (unpaired) electrons. The number of amides is 4. The molecular formula is C16H18N2O6. The average molecular weight is 334 g/mol. The lowest BCUT2D eigenvalue weighted by Crippen LogP contribution is -2.42. The molecule has 1 saturated carbocycles. The fourth-order valence-corrected chi connectivity index (χ4v) is 3.40. The molecule has 3 rings (SSSR count). The van der Waals surface area contributed by atoms with Crippen molar-refractivity contribution in [1.29, 1.82) is 0 Å². The highest BCUT2D eigenvalue weighted by atomic mass is 16.7. The van der Waals surface area contributed by atoms with Crippen LogP contribution in [0.4, 0.5) is 0 Å². The van der Waals surface area contributed by atoms with Crippen LogP contribution in [0.2, 0.25) is 0 Å². The van der Waals surface area contributed by atoms with Crippen LogP contribution in [0, 0.1) is 11.8 Å². The molecule has 0 bridgehead atoms. The second-order valence-electron chi connectivity index (χ2n) is 6.26. The van der Waals surface area contributed by atoms with Gasteiger partial charge in [0.25, 0.3) is 23.6 Å². The SMILES string of the molecule is O=C(ON1C(=O)CCC1=O)C1CCCCC1CN1C(=O)C=CC1=O. The number of imide groups is 2. The number of nitrogens with zero attached hydrogens (tertiary/aromatic N) is 2. The third-order valence-electron chi connectivity index (χ3n) is 4.72. The number of hydroxylamine groups is 2. The third-order valence-corrected chi connectivity index (χ3v) is 4.72. The molecule has 128 valence electrons. The first-order valence-corrected chi connectivity index (χ1v) is 8.08. The standard InChI is InChI=1S/C16H18N2O6/c19-12-5-6-13(20)17(12)9-10-3-1-2-4-11(10)16(23)24-18-14(21)7-8-15(18)22/h5-6,10-11H,1-4,7-9H2. The molecule has 1 saturated heterocycles. The lowest BCUT2D eigenvalue weighted by molar-refractivity contribution is -0.202. The zero-order chi connectivity index (χ0) is 17.3. The van der Waals surface area contributed by atoms with E-state index in [0.717, 1.165) is 17.7 Å². The molecule has 24 heavy (non-hydrogen) atoms. The van der Waals surface area contributed by atoms with E-state index in [1.54, 1.807) is 0 Å². The van der Waals surface area contributed by atoms with Gasteiger partial charge in [-0.15, -0.1) is 5.06 Å². The summed E-state index contributed by atoms with van der Waals surface area (Å²) in [6.07, 6.45) is 5.44. The van der Waals surface area contributed by atoms with Gasteiger partial charge in [-0.2, -0.15) is 0 Å². The van der Waals surface area contributed by atoms with E-state index < -0.39 is 23.7 Å². The van der Waals surface area contributed by atoms with Crippen LogP contribution in [0.3, 0.4) is 0 Å². The van der Waals surface area contributed by atoms with Gasteiger partial charge in [-0.3, -0.25) is 24.1 Å². The molecule has 1 aliphatic carbocycles. The van der Waals surface area contributed by atoms with Crippen molar-refractivity contribution in [3.63, 3.8) is 0 Å². The van der Waals surface area contributed by atoms with Gasteiger partial charge in [-0.25, -0.2) is 4.79 Å². The summed E-state index contributed by atoms with van der Waals surface area (Å²) in [7, 11) is 0. The Morgan fingerprint density at radius 3 is 2.21 bits per heavy atom. The van der Waals surface area contributed by atoms with Gasteiger partial charge in [0.05, 0.1) is 5.92 Å². The second-order valence-corrected chi connectivity index (χ2v) is 6.26. The minimum atomic E-state index is -0.643. The van der Waals surface area contributed by atoms with Crippen molar-refractivity contribution >= 4 is 29.6 Å². The van der Waals surface area contributed by atoms with Gasteiger partial charge in [0.2, 0.25) is 0 Å². The predicted molar refractivity (Wildman–Crippen MR) is 78.5 cm³/mol. The molecular weight excluding hydrogens is 316 g/mol. The first-order chi connectivity index (χ1) is 11.5. The van der Waals surface area contributed by atoms with Crippen molar-refractivity contribution in [1.82, 2.24) is 9.96 Å². The first-order valence-electron chi connectivity index (χ1n) is 8.08. The van der Waals surface area contributed by atoms with Gasteiger partial charge in [-0.1, -0.05) is 12.8 Å². The van der Waals surface area contributed by atoms with Crippen LogP contribution in [0.15, 0.2) is 12.2 Å². The maximum Gasteiger partial charge on any atom is 0.336 e. The van der Waals surface area contributed by atoms with E-state index in [-0.39, 0.29) is 37.1 Å². The summed E-state index contributed by atoms with van der Waals surface area (Å²) < 4.78 is 0. The van der Waals surface area contributed by atoms with E-state index in [2.05, 4.69) is 0 Å². The number of rotatable bonds is 4. The van der Waals surface area contributed by atoms with Crippen LogP contribution < -0.4 is 0 Å². The van der Waals surface area contributed by atoms with Crippen molar-refractivity contribution in [3.8, 4) is 0 Å². The summed E-state index contributed by atoms with van der Waals surface area (Å²) in [5.74, 6) is -3.22. The lowest BCUT2D eigenvalue weighted by atomic mass is 9.79.